The van der Waals surface area contributed by atoms with Crippen molar-refractivity contribution < 1.29 is 23.1 Å². The zero-order chi connectivity index (χ0) is 12.8. The summed E-state index contributed by atoms with van der Waals surface area (Å²) in [5, 5.41) is 9.64. The summed E-state index contributed by atoms with van der Waals surface area (Å²) in [4.78, 5) is 11.1. The highest BCUT2D eigenvalue weighted by Gasteiger charge is 2.43. The van der Waals surface area contributed by atoms with Crippen molar-refractivity contribution in [2.24, 2.45) is 0 Å². The van der Waals surface area contributed by atoms with Gasteiger partial charge in [0.15, 0.2) is 0 Å². The number of benzene rings is 1. The average molecular weight is 307 g/mol. The Hall–Kier alpha value is -1.30. The number of ketones is 1. The molecule has 0 aromatic heterocycles. The molecular formula is C11H6BrF3O2. The molecule has 90 valence electrons. The van der Waals surface area contributed by atoms with Crippen LogP contribution >= 0.6 is 15.9 Å². The summed E-state index contributed by atoms with van der Waals surface area (Å²) >= 11 is 3.15. The van der Waals surface area contributed by atoms with Crippen LogP contribution in [0.4, 0.5) is 13.2 Å². The van der Waals surface area contributed by atoms with Crippen LogP contribution in [0.3, 0.4) is 0 Å². The quantitative estimate of drug-likeness (QED) is 0.863. The predicted octanol–water partition coefficient (Wildman–Crippen LogP) is 3.41. The number of hydrogen-bond donors (Lipinski definition) is 1. The van der Waals surface area contributed by atoms with Gasteiger partial charge in [-0.05, 0) is 17.7 Å². The van der Waals surface area contributed by atoms with Crippen LogP contribution in [0.1, 0.15) is 11.1 Å². The highest BCUT2D eigenvalue weighted by atomic mass is 79.9. The minimum Gasteiger partial charge on any atom is -0.507 e. The summed E-state index contributed by atoms with van der Waals surface area (Å²) in [6.45, 7) is 0. The summed E-state index contributed by atoms with van der Waals surface area (Å²) in [7, 11) is 0. The van der Waals surface area contributed by atoms with E-state index in [2.05, 4.69) is 15.9 Å². The Balaban J connectivity index is 2.46. The Labute approximate surface area is 103 Å². The van der Waals surface area contributed by atoms with E-state index in [4.69, 9.17) is 0 Å². The van der Waals surface area contributed by atoms with Gasteiger partial charge in [-0.3, -0.25) is 4.79 Å². The predicted molar refractivity (Wildman–Crippen MR) is 58.5 cm³/mol. The lowest BCUT2D eigenvalue weighted by Crippen LogP contribution is -2.25. The fourth-order valence-corrected chi connectivity index (χ4v) is 2.08. The van der Waals surface area contributed by atoms with Gasteiger partial charge in [-0.1, -0.05) is 22.0 Å². The number of Topliss-reactive ketones (excluding diaryl/α,β-unsaturated/α-hetero) is 1. The van der Waals surface area contributed by atoms with Crippen molar-refractivity contribution in [1.29, 1.82) is 0 Å². The largest absolute Gasteiger partial charge is 0.507 e. The van der Waals surface area contributed by atoms with E-state index in [0.717, 1.165) is 0 Å². The van der Waals surface area contributed by atoms with Gasteiger partial charge in [-0.2, -0.15) is 13.2 Å². The van der Waals surface area contributed by atoms with E-state index < -0.39 is 23.3 Å². The Kier molecular flexibility index (Phi) is 2.77. The van der Waals surface area contributed by atoms with Gasteiger partial charge in [0, 0.05) is 16.5 Å². The normalized spacial score (nSPS) is 15.1. The molecule has 2 rings (SSSR count). The second kappa shape index (κ2) is 3.87. The number of hydrogen-bond acceptors (Lipinski definition) is 2. The topological polar surface area (TPSA) is 37.3 Å². The molecule has 1 aliphatic carbocycles. The molecule has 0 aliphatic heterocycles. The SMILES string of the molecule is O=C(C1=C(O)c2cc(Br)ccc2C1)C(F)(F)F. The smallest absolute Gasteiger partial charge is 0.454 e. The van der Waals surface area contributed by atoms with E-state index in [9.17, 15) is 23.1 Å². The van der Waals surface area contributed by atoms with Crippen molar-refractivity contribution in [3.8, 4) is 0 Å². The van der Waals surface area contributed by atoms with Crippen LogP contribution in [0.25, 0.3) is 5.76 Å². The van der Waals surface area contributed by atoms with Crippen LogP contribution in [0.15, 0.2) is 28.2 Å². The van der Waals surface area contributed by atoms with Gasteiger partial charge >= 0.3 is 6.18 Å². The van der Waals surface area contributed by atoms with Crippen molar-refractivity contribution in [3.05, 3.63) is 39.4 Å². The molecule has 0 bridgehead atoms. The minimum atomic E-state index is -4.96. The monoisotopic (exact) mass is 306 g/mol. The minimum absolute atomic E-state index is 0.188. The Morgan fingerprint density at radius 1 is 1.35 bits per heavy atom. The number of aliphatic hydroxyl groups is 1. The molecule has 0 amide bonds. The molecule has 0 unspecified atom stereocenters. The Morgan fingerprint density at radius 3 is 2.59 bits per heavy atom. The molecular weight excluding hydrogens is 301 g/mol. The highest BCUT2D eigenvalue weighted by Crippen LogP contribution is 2.36. The first-order valence-corrected chi connectivity index (χ1v) is 5.42. The van der Waals surface area contributed by atoms with Crippen LogP contribution in [-0.4, -0.2) is 17.1 Å². The van der Waals surface area contributed by atoms with Crippen molar-refractivity contribution in [3.63, 3.8) is 0 Å². The zero-order valence-electron chi connectivity index (χ0n) is 8.31. The molecule has 0 radical (unpaired) electrons. The van der Waals surface area contributed by atoms with Crippen LogP contribution in [0.5, 0.6) is 0 Å². The van der Waals surface area contributed by atoms with Crippen LogP contribution in [0.2, 0.25) is 0 Å². The summed E-state index contributed by atoms with van der Waals surface area (Å²) in [5.74, 6) is -2.56. The lowest BCUT2D eigenvalue weighted by atomic mass is 10.1. The number of carbonyl (C=O) groups excluding carboxylic acids is 1. The first-order valence-electron chi connectivity index (χ1n) is 4.63. The molecule has 6 heteroatoms. The lowest BCUT2D eigenvalue weighted by Gasteiger charge is -2.05. The number of aliphatic hydroxyl groups excluding tert-OH is 1. The van der Waals surface area contributed by atoms with Crippen LogP contribution in [-0.2, 0) is 11.2 Å². The van der Waals surface area contributed by atoms with E-state index in [-0.39, 0.29) is 12.0 Å². The van der Waals surface area contributed by atoms with Crippen molar-refractivity contribution in [2.75, 3.05) is 0 Å². The van der Waals surface area contributed by atoms with E-state index >= 15 is 0 Å². The highest BCUT2D eigenvalue weighted by molar-refractivity contribution is 9.10. The van der Waals surface area contributed by atoms with Gasteiger partial charge in [0.25, 0.3) is 5.78 Å². The molecule has 0 heterocycles. The number of halogens is 4. The number of alkyl halides is 3. The first-order chi connectivity index (χ1) is 7.80. The summed E-state index contributed by atoms with van der Waals surface area (Å²) < 4.78 is 37.4. The van der Waals surface area contributed by atoms with Gasteiger partial charge in [0.05, 0.1) is 5.57 Å². The molecule has 17 heavy (non-hydrogen) atoms. The average Bonchev–Trinajstić information content (AvgIpc) is 2.54. The van der Waals surface area contributed by atoms with Crippen molar-refractivity contribution in [1.82, 2.24) is 0 Å². The van der Waals surface area contributed by atoms with Crippen molar-refractivity contribution >= 4 is 27.5 Å². The molecule has 1 aliphatic rings. The maximum Gasteiger partial charge on any atom is 0.454 e. The number of rotatable bonds is 1. The molecule has 1 N–H and O–H groups in total. The molecule has 2 nitrogen and oxygen atoms in total. The van der Waals surface area contributed by atoms with E-state index in [1.807, 2.05) is 0 Å². The lowest BCUT2D eigenvalue weighted by molar-refractivity contribution is -0.166. The van der Waals surface area contributed by atoms with E-state index in [0.29, 0.717) is 10.0 Å². The second-order valence-electron chi connectivity index (χ2n) is 3.63. The summed E-state index contributed by atoms with van der Waals surface area (Å²) in [6, 6.07) is 4.71. The van der Waals surface area contributed by atoms with Gasteiger partial charge in [-0.15, -0.1) is 0 Å². The molecule has 0 saturated carbocycles. The van der Waals surface area contributed by atoms with Gasteiger partial charge < -0.3 is 5.11 Å². The number of carbonyl (C=O) groups is 1. The Morgan fingerprint density at radius 2 is 2.00 bits per heavy atom. The third-order valence-corrected chi connectivity index (χ3v) is 3.00. The third-order valence-electron chi connectivity index (χ3n) is 2.51. The van der Waals surface area contributed by atoms with E-state index in [1.165, 1.54) is 6.07 Å². The first kappa shape index (κ1) is 12.2. The standard InChI is InChI=1S/C11H6BrF3O2/c12-6-2-1-5-3-8(9(16)7(5)4-6)10(17)11(13,14)15/h1-2,4,16H,3H2. The molecule has 0 saturated heterocycles. The van der Waals surface area contributed by atoms with Crippen LogP contribution < -0.4 is 0 Å². The van der Waals surface area contributed by atoms with Gasteiger partial charge in [0.2, 0.25) is 0 Å². The van der Waals surface area contributed by atoms with Crippen LogP contribution in [0, 0.1) is 0 Å². The second-order valence-corrected chi connectivity index (χ2v) is 4.55. The molecule has 0 spiro atoms. The maximum absolute atomic E-state index is 12.3. The molecule has 1 aromatic rings. The molecule has 1 aromatic carbocycles. The number of fused-ring (bicyclic) bond motifs is 1. The fraction of sp³-hybridized carbons (Fsp3) is 0.182. The summed E-state index contributed by atoms with van der Waals surface area (Å²) in [6.07, 6.45) is -5.14. The van der Waals surface area contributed by atoms with E-state index in [1.54, 1.807) is 12.1 Å². The van der Waals surface area contributed by atoms with Gasteiger partial charge in [0.1, 0.15) is 5.76 Å². The van der Waals surface area contributed by atoms with Crippen molar-refractivity contribution in [2.45, 2.75) is 12.6 Å². The maximum atomic E-state index is 12.3. The molecule has 0 fully saturated rings. The summed E-state index contributed by atoms with van der Waals surface area (Å²) in [5.41, 5.74) is 0.191. The Bertz CT molecular complexity index is 532. The number of allylic oxidation sites excluding steroid dienone is 1. The molecule has 0 atom stereocenters. The fourth-order valence-electron chi connectivity index (χ4n) is 1.72. The van der Waals surface area contributed by atoms with Gasteiger partial charge in [-0.25, -0.2) is 0 Å². The third kappa shape index (κ3) is 2.09. The zero-order valence-corrected chi connectivity index (χ0v) is 9.89.